The van der Waals surface area contributed by atoms with Crippen LogP contribution in [0.4, 0.5) is 0 Å². The number of carboxylic acid groups (broad SMARTS) is 1. The molecule has 0 aliphatic carbocycles. The summed E-state index contributed by atoms with van der Waals surface area (Å²) in [5.74, 6) is -1.13. The summed E-state index contributed by atoms with van der Waals surface area (Å²) >= 11 is 5.54. The number of nitrogens with one attached hydrogen (secondary N) is 1. The van der Waals surface area contributed by atoms with Gasteiger partial charge in [-0.05, 0) is 6.07 Å². The van der Waals surface area contributed by atoms with Gasteiger partial charge in [0.25, 0.3) is 0 Å². The number of aromatic amines is 1. The fraction of sp³-hybridized carbons (Fsp3) is 0. The molecule has 2 heterocycles. The average molecular weight is 199 g/mol. The number of halogens is 1. The lowest BCUT2D eigenvalue weighted by Gasteiger charge is -1.88. The molecular weight excluding hydrogens is 196 g/mol. The van der Waals surface area contributed by atoms with Crippen LogP contribution >= 0.6 is 11.6 Å². The highest BCUT2D eigenvalue weighted by atomic mass is 35.5. The second-order valence-electron chi connectivity index (χ2n) is 2.31. The zero-order chi connectivity index (χ0) is 9.42. The standard InChI is InChI=1S/C6H3ClN4O2/c7-3-1-2-4(6(12)13)9-11-5(2)10-8-3/h1H,(H,12,13)(H,9,10,11). The van der Waals surface area contributed by atoms with Crippen LogP contribution in [0.25, 0.3) is 11.0 Å². The van der Waals surface area contributed by atoms with Crippen LogP contribution in [0.1, 0.15) is 10.5 Å². The molecule has 0 atom stereocenters. The van der Waals surface area contributed by atoms with Crippen LogP contribution in [-0.4, -0.2) is 31.5 Å². The molecule has 0 fully saturated rings. The van der Waals surface area contributed by atoms with Gasteiger partial charge >= 0.3 is 5.97 Å². The number of carboxylic acids is 1. The van der Waals surface area contributed by atoms with E-state index in [1.807, 2.05) is 0 Å². The van der Waals surface area contributed by atoms with Crippen molar-refractivity contribution >= 4 is 28.6 Å². The Morgan fingerprint density at radius 3 is 3.00 bits per heavy atom. The van der Waals surface area contributed by atoms with Crippen molar-refractivity contribution in [2.75, 3.05) is 0 Å². The molecule has 0 amide bonds. The molecule has 0 aliphatic heterocycles. The first kappa shape index (κ1) is 7.93. The number of hydrogen-bond acceptors (Lipinski definition) is 4. The normalized spacial score (nSPS) is 10.5. The van der Waals surface area contributed by atoms with Gasteiger partial charge in [-0.15, -0.1) is 10.2 Å². The van der Waals surface area contributed by atoms with Crippen LogP contribution < -0.4 is 0 Å². The number of hydrogen-bond donors (Lipinski definition) is 2. The summed E-state index contributed by atoms with van der Waals surface area (Å²) in [4.78, 5) is 10.6. The molecule has 0 saturated heterocycles. The third kappa shape index (κ3) is 1.20. The van der Waals surface area contributed by atoms with Gasteiger partial charge in [0.15, 0.2) is 16.5 Å². The third-order valence-electron chi connectivity index (χ3n) is 1.50. The minimum atomic E-state index is -1.13. The summed E-state index contributed by atoms with van der Waals surface area (Å²) in [6, 6.07) is 1.40. The highest BCUT2D eigenvalue weighted by molar-refractivity contribution is 6.30. The van der Waals surface area contributed by atoms with Crippen LogP contribution in [0, 0.1) is 0 Å². The lowest BCUT2D eigenvalue weighted by molar-refractivity contribution is 0.0692. The van der Waals surface area contributed by atoms with E-state index in [2.05, 4.69) is 20.4 Å². The van der Waals surface area contributed by atoms with Crippen molar-refractivity contribution < 1.29 is 9.90 Å². The molecule has 13 heavy (non-hydrogen) atoms. The van der Waals surface area contributed by atoms with Gasteiger partial charge in [0.2, 0.25) is 0 Å². The van der Waals surface area contributed by atoms with Crippen LogP contribution in [0.15, 0.2) is 6.07 Å². The zero-order valence-electron chi connectivity index (χ0n) is 6.15. The van der Waals surface area contributed by atoms with Crippen molar-refractivity contribution in [2.24, 2.45) is 0 Å². The highest BCUT2D eigenvalue weighted by Gasteiger charge is 2.13. The summed E-state index contributed by atoms with van der Waals surface area (Å²) < 4.78 is 0. The lowest BCUT2D eigenvalue weighted by Crippen LogP contribution is -1.96. The first-order valence-electron chi connectivity index (χ1n) is 3.29. The molecule has 2 aromatic heterocycles. The van der Waals surface area contributed by atoms with E-state index in [1.54, 1.807) is 0 Å². The van der Waals surface area contributed by atoms with Gasteiger partial charge in [-0.1, -0.05) is 11.6 Å². The van der Waals surface area contributed by atoms with Crippen molar-refractivity contribution in [1.82, 2.24) is 20.4 Å². The maximum Gasteiger partial charge on any atom is 0.357 e. The first-order chi connectivity index (χ1) is 6.18. The molecule has 66 valence electrons. The van der Waals surface area contributed by atoms with Crippen LogP contribution in [0.5, 0.6) is 0 Å². The Labute approximate surface area is 76.5 Å². The van der Waals surface area contributed by atoms with Gasteiger partial charge in [-0.3, -0.25) is 5.10 Å². The van der Waals surface area contributed by atoms with Crippen molar-refractivity contribution in [3.63, 3.8) is 0 Å². The maximum absolute atomic E-state index is 10.6. The van der Waals surface area contributed by atoms with Crippen molar-refractivity contribution in [1.29, 1.82) is 0 Å². The van der Waals surface area contributed by atoms with Crippen LogP contribution in [0.3, 0.4) is 0 Å². The van der Waals surface area contributed by atoms with Gasteiger partial charge in [0.1, 0.15) is 0 Å². The summed E-state index contributed by atoms with van der Waals surface area (Å²) in [5.41, 5.74) is 0.202. The molecule has 0 radical (unpaired) electrons. The highest BCUT2D eigenvalue weighted by Crippen LogP contribution is 2.15. The molecule has 2 N–H and O–H groups in total. The number of aromatic carboxylic acids is 1. The topological polar surface area (TPSA) is 91.8 Å². The van der Waals surface area contributed by atoms with E-state index >= 15 is 0 Å². The predicted molar refractivity (Wildman–Crippen MR) is 43.7 cm³/mol. The second-order valence-corrected chi connectivity index (χ2v) is 2.69. The fourth-order valence-electron chi connectivity index (χ4n) is 0.963. The van der Waals surface area contributed by atoms with Gasteiger partial charge < -0.3 is 5.11 Å². The van der Waals surface area contributed by atoms with Gasteiger partial charge in [-0.2, -0.15) is 5.10 Å². The van der Waals surface area contributed by atoms with Crippen LogP contribution in [-0.2, 0) is 0 Å². The minimum Gasteiger partial charge on any atom is -0.476 e. The summed E-state index contributed by atoms with van der Waals surface area (Å²) in [7, 11) is 0. The van der Waals surface area contributed by atoms with E-state index in [0.717, 1.165) is 0 Å². The predicted octanol–water partition coefficient (Wildman–Crippen LogP) is 0.704. The number of fused-ring (bicyclic) bond motifs is 1. The molecule has 7 heteroatoms. The second kappa shape index (κ2) is 2.67. The van der Waals surface area contributed by atoms with Gasteiger partial charge in [-0.25, -0.2) is 4.79 Å². The largest absolute Gasteiger partial charge is 0.476 e. The lowest BCUT2D eigenvalue weighted by atomic mass is 10.3. The average Bonchev–Trinajstić information content (AvgIpc) is 2.46. The molecule has 0 aliphatic rings. The molecule has 0 unspecified atom stereocenters. The van der Waals surface area contributed by atoms with E-state index in [-0.39, 0.29) is 10.8 Å². The Morgan fingerprint density at radius 2 is 2.31 bits per heavy atom. The Kier molecular flexibility index (Phi) is 1.63. The Balaban J connectivity index is 2.79. The molecule has 2 aromatic rings. The number of carbonyl (C=O) groups is 1. The minimum absolute atomic E-state index is 0.105. The molecule has 0 saturated carbocycles. The Morgan fingerprint density at radius 1 is 1.54 bits per heavy atom. The van der Waals surface area contributed by atoms with Crippen molar-refractivity contribution in [2.45, 2.75) is 0 Å². The van der Waals surface area contributed by atoms with Crippen LogP contribution in [0.2, 0.25) is 5.15 Å². The van der Waals surface area contributed by atoms with Crippen molar-refractivity contribution in [3.05, 3.63) is 16.9 Å². The Bertz CT molecular complexity index is 480. The summed E-state index contributed by atoms with van der Waals surface area (Å²) in [5, 5.41) is 22.3. The summed E-state index contributed by atoms with van der Waals surface area (Å²) in [6.07, 6.45) is 0. The number of rotatable bonds is 1. The SMILES string of the molecule is O=C(O)c1n[nH]c2nnc(Cl)cc12. The molecule has 2 rings (SSSR count). The number of aromatic nitrogens is 4. The smallest absolute Gasteiger partial charge is 0.357 e. The number of H-pyrrole nitrogens is 1. The number of nitrogens with zero attached hydrogens (tertiary/aromatic N) is 3. The van der Waals surface area contributed by atoms with E-state index in [4.69, 9.17) is 16.7 Å². The van der Waals surface area contributed by atoms with E-state index in [0.29, 0.717) is 11.0 Å². The van der Waals surface area contributed by atoms with Gasteiger partial charge in [0, 0.05) is 0 Å². The monoisotopic (exact) mass is 198 g/mol. The van der Waals surface area contributed by atoms with E-state index < -0.39 is 5.97 Å². The van der Waals surface area contributed by atoms with E-state index in [9.17, 15) is 4.79 Å². The maximum atomic E-state index is 10.6. The fourth-order valence-corrected chi connectivity index (χ4v) is 1.11. The third-order valence-corrected chi connectivity index (χ3v) is 1.68. The first-order valence-corrected chi connectivity index (χ1v) is 3.67. The zero-order valence-corrected chi connectivity index (χ0v) is 6.91. The van der Waals surface area contributed by atoms with Crippen molar-refractivity contribution in [3.8, 4) is 0 Å². The molecular formula is C6H3ClN4O2. The molecule has 0 spiro atoms. The molecule has 0 bridgehead atoms. The van der Waals surface area contributed by atoms with Gasteiger partial charge in [0.05, 0.1) is 5.39 Å². The molecule has 6 nitrogen and oxygen atoms in total. The summed E-state index contributed by atoms with van der Waals surface area (Å²) in [6.45, 7) is 0. The Hall–Kier alpha value is -1.69. The quantitative estimate of drug-likeness (QED) is 0.704. The molecule has 0 aromatic carbocycles. The van der Waals surface area contributed by atoms with E-state index in [1.165, 1.54) is 6.07 Å².